The molecule has 0 aromatic heterocycles. The smallest absolute Gasteiger partial charge is 0.335 e. The van der Waals surface area contributed by atoms with Gasteiger partial charge in [-0.1, -0.05) is 0 Å². The molecule has 13 heavy (non-hydrogen) atoms. The van der Waals surface area contributed by atoms with Crippen molar-refractivity contribution in [3.05, 3.63) is 29.1 Å². The largest absolute Gasteiger partial charge is 0.478 e. The summed E-state index contributed by atoms with van der Waals surface area (Å²) in [6.07, 6.45) is 2.01. The number of fused-ring (bicyclic) bond motifs is 1. The Kier molecular flexibility index (Phi) is 1.62. The third-order valence-electron chi connectivity index (χ3n) is 1.94. The molecule has 1 N–H and O–H groups in total. The molecule has 0 saturated carbocycles. The van der Waals surface area contributed by atoms with Crippen LogP contribution < -0.4 is 0 Å². The molecule has 1 heterocycles. The topological polar surface area (TPSA) is 49.7 Å². The van der Waals surface area contributed by atoms with Gasteiger partial charge in [-0.3, -0.25) is 4.99 Å². The summed E-state index contributed by atoms with van der Waals surface area (Å²) >= 11 is 0. The number of rotatable bonds is 1. The van der Waals surface area contributed by atoms with Gasteiger partial charge >= 0.3 is 5.97 Å². The first-order valence-corrected chi connectivity index (χ1v) is 3.77. The molecule has 1 aliphatic rings. The van der Waals surface area contributed by atoms with Crippen molar-refractivity contribution in [1.82, 2.24) is 0 Å². The van der Waals surface area contributed by atoms with E-state index >= 15 is 0 Å². The molecule has 0 saturated heterocycles. The fraction of sp³-hybridized carbons (Fsp3) is 0.111. The molecule has 1 aromatic rings. The molecule has 0 unspecified atom stereocenters. The lowest BCUT2D eigenvalue weighted by Gasteiger charge is -2.00. The molecule has 0 spiro atoms. The Morgan fingerprint density at radius 3 is 3.00 bits per heavy atom. The van der Waals surface area contributed by atoms with Crippen LogP contribution in [0, 0.1) is 5.82 Å². The Labute approximate surface area is 73.5 Å². The number of carboxylic acid groups (broad SMARTS) is 1. The summed E-state index contributed by atoms with van der Waals surface area (Å²) in [5.41, 5.74) is 0.845. The average Bonchev–Trinajstić information content (AvgIpc) is 2.51. The van der Waals surface area contributed by atoms with Crippen molar-refractivity contribution in [1.29, 1.82) is 0 Å². The standard InChI is InChI=1S/C9H6FNO2/c10-7-3-5(9(12)13)4-8-6(7)1-2-11-8/h2-4H,1H2,(H,12,13). The number of hydrogen-bond donors (Lipinski definition) is 1. The molecule has 0 atom stereocenters. The summed E-state index contributed by atoms with van der Waals surface area (Å²) in [5.74, 6) is -1.63. The Balaban J connectivity index is 2.60. The average molecular weight is 179 g/mol. The molecule has 66 valence electrons. The fourth-order valence-corrected chi connectivity index (χ4v) is 1.30. The van der Waals surface area contributed by atoms with Crippen LogP contribution in [0.5, 0.6) is 0 Å². The maximum atomic E-state index is 13.2. The van der Waals surface area contributed by atoms with Gasteiger partial charge in [0.15, 0.2) is 0 Å². The number of aromatic carboxylic acids is 1. The summed E-state index contributed by atoms with van der Waals surface area (Å²) in [7, 11) is 0. The Hall–Kier alpha value is -1.71. The van der Waals surface area contributed by atoms with E-state index in [0.29, 0.717) is 17.7 Å². The highest BCUT2D eigenvalue weighted by atomic mass is 19.1. The van der Waals surface area contributed by atoms with Gasteiger partial charge in [-0.2, -0.15) is 0 Å². The summed E-state index contributed by atoms with van der Waals surface area (Å²) < 4.78 is 13.2. The van der Waals surface area contributed by atoms with Gasteiger partial charge < -0.3 is 5.11 Å². The predicted octanol–water partition coefficient (Wildman–Crippen LogP) is 1.78. The van der Waals surface area contributed by atoms with Gasteiger partial charge in [0, 0.05) is 18.2 Å². The minimum Gasteiger partial charge on any atom is -0.478 e. The van der Waals surface area contributed by atoms with E-state index in [1.165, 1.54) is 6.07 Å². The molecule has 0 bridgehead atoms. The molecule has 3 nitrogen and oxygen atoms in total. The molecule has 1 aromatic carbocycles. The molecular formula is C9H6FNO2. The summed E-state index contributed by atoms with van der Waals surface area (Å²) in [4.78, 5) is 14.4. The highest BCUT2D eigenvalue weighted by Crippen LogP contribution is 2.28. The van der Waals surface area contributed by atoms with Gasteiger partial charge in [0.1, 0.15) is 5.82 Å². The van der Waals surface area contributed by atoms with Crippen molar-refractivity contribution < 1.29 is 14.3 Å². The van der Waals surface area contributed by atoms with E-state index in [4.69, 9.17) is 5.11 Å². The van der Waals surface area contributed by atoms with Gasteiger partial charge in [-0.05, 0) is 12.1 Å². The maximum absolute atomic E-state index is 13.2. The SMILES string of the molecule is O=C(O)c1cc(F)c2c(c1)N=CC2. The minimum absolute atomic E-state index is 0.0599. The first-order chi connectivity index (χ1) is 6.18. The molecule has 1 aliphatic heterocycles. The van der Waals surface area contributed by atoms with Gasteiger partial charge in [0.05, 0.1) is 11.3 Å². The van der Waals surface area contributed by atoms with Crippen LogP contribution in [-0.4, -0.2) is 17.3 Å². The normalized spacial score (nSPS) is 13.0. The zero-order valence-electron chi connectivity index (χ0n) is 6.62. The van der Waals surface area contributed by atoms with Crippen LogP contribution in [0.4, 0.5) is 10.1 Å². The minimum atomic E-state index is -1.14. The van der Waals surface area contributed by atoms with Crippen molar-refractivity contribution in [3.63, 3.8) is 0 Å². The van der Waals surface area contributed by atoms with Gasteiger partial charge in [-0.25, -0.2) is 9.18 Å². The third-order valence-corrected chi connectivity index (χ3v) is 1.94. The molecule has 2 rings (SSSR count). The van der Waals surface area contributed by atoms with Crippen molar-refractivity contribution >= 4 is 17.9 Å². The van der Waals surface area contributed by atoms with Crippen molar-refractivity contribution in [2.45, 2.75) is 6.42 Å². The lowest BCUT2D eigenvalue weighted by Crippen LogP contribution is -1.98. The van der Waals surface area contributed by atoms with Crippen LogP contribution in [-0.2, 0) is 6.42 Å². The molecule has 0 fully saturated rings. The highest BCUT2D eigenvalue weighted by Gasteiger charge is 2.15. The van der Waals surface area contributed by atoms with Crippen LogP contribution >= 0.6 is 0 Å². The second-order valence-corrected chi connectivity index (χ2v) is 2.78. The summed E-state index contributed by atoms with van der Waals surface area (Å²) in [6.45, 7) is 0. The van der Waals surface area contributed by atoms with E-state index in [1.807, 2.05) is 0 Å². The van der Waals surface area contributed by atoms with Crippen LogP contribution in [0.3, 0.4) is 0 Å². The van der Waals surface area contributed by atoms with Crippen LogP contribution in [0.25, 0.3) is 0 Å². The lowest BCUT2D eigenvalue weighted by atomic mass is 10.1. The summed E-state index contributed by atoms with van der Waals surface area (Å²) in [6, 6.07) is 2.40. The maximum Gasteiger partial charge on any atom is 0.335 e. The fourth-order valence-electron chi connectivity index (χ4n) is 1.30. The quantitative estimate of drug-likeness (QED) is 0.714. The second-order valence-electron chi connectivity index (χ2n) is 2.78. The number of benzene rings is 1. The molecular weight excluding hydrogens is 173 g/mol. The lowest BCUT2D eigenvalue weighted by molar-refractivity contribution is 0.0696. The zero-order chi connectivity index (χ0) is 9.42. The number of carboxylic acids is 1. The Morgan fingerprint density at radius 2 is 2.31 bits per heavy atom. The van der Waals surface area contributed by atoms with E-state index in [2.05, 4.69) is 4.99 Å². The predicted molar refractivity (Wildman–Crippen MR) is 45.2 cm³/mol. The van der Waals surface area contributed by atoms with Crippen LogP contribution in [0.15, 0.2) is 17.1 Å². The molecule has 4 heteroatoms. The number of carbonyl (C=O) groups is 1. The van der Waals surface area contributed by atoms with Gasteiger partial charge in [-0.15, -0.1) is 0 Å². The molecule has 0 aliphatic carbocycles. The van der Waals surface area contributed by atoms with Crippen LogP contribution in [0.1, 0.15) is 15.9 Å². The number of hydrogen-bond acceptors (Lipinski definition) is 2. The van der Waals surface area contributed by atoms with Crippen molar-refractivity contribution in [3.8, 4) is 0 Å². The molecule has 0 amide bonds. The van der Waals surface area contributed by atoms with Gasteiger partial charge in [0.25, 0.3) is 0 Å². The molecule has 0 radical (unpaired) electrons. The zero-order valence-corrected chi connectivity index (χ0v) is 6.62. The first kappa shape index (κ1) is 7.91. The number of aliphatic imine (C=N–C) groups is 1. The van der Waals surface area contributed by atoms with E-state index in [9.17, 15) is 9.18 Å². The van der Waals surface area contributed by atoms with Gasteiger partial charge in [0.2, 0.25) is 0 Å². The van der Waals surface area contributed by atoms with Crippen molar-refractivity contribution in [2.75, 3.05) is 0 Å². The number of halogens is 1. The van der Waals surface area contributed by atoms with E-state index < -0.39 is 11.8 Å². The summed E-state index contributed by atoms with van der Waals surface area (Å²) in [5, 5.41) is 8.62. The Bertz CT molecular complexity index is 412. The third kappa shape index (κ3) is 1.20. The van der Waals surface area contributed by atoms with Crippen LogP contribution in [0.2, 0.25) is 0 Å². The second kappa shape index (κ2) is 2.65. The number of nitrogens with zero attached hydrogens (tertiary/aromatic N) is 1. The van der Waals surface area contributed by atoms with Crippen molar-refractivity contribution in [2.24, 2.45) is 4.99 Å². The Morgan fingerprint density at radius 1 is 1.54 bits per heavy atom. The highest BCUT2D eigenvalue weighted by molar-refractivity contribution is 5.90. The van der Waals surface area contributed by atoms with E-state index in [0.717, 1.165) is 6.07 Å². The first-order valence-electron chi connectivity index (χ1n) is 3.77. The monoisotopic (exact) mass is 179 g/mol. The van der Waals surface area contributed by atoms with E-state index in [1.54, 1.807) is 6.21 Å². The van der Waals surface area contributed by atoms with E-state index in [-0.39, 0.29) is 5.56 Å².